The second kappa shape index (κ2) is 8.30. The molecule has 1 aromatic heterocycles. The molecule has 144 valence electrons. The van der Waals surface area contributed by atoms with Crippen LogP contribution in [0.5, 0.6) is 0 Å². The number of urea groups is 1. The normalized spacial score (nSPS) is 10.4. The molecule has 0 fully saturated rings. The van der Waals surface area contributed by atoms with Gasteiger partial charge in [0.1, 0.15) is 0 Å². The molecule has 3 aromatic rings. The molecule has 0 saturated carbocycles. The minimum absolute atomic E-state index is 0.0432. The number of carbonyl (C=O) groups is 2. The third kappa shape index (κ3) is 4.50. The molecule has 0 atom stereocenters. The van der Waals surface area contributed by atoms with E-state index in [-0.39, 0.29) is 12.3 Å². The van der Waals surface area contributed by atoms with Crippen molar-refractivity contribution in [2.75, 3.05) is 10.6 Å². The smallest absolute Gasteiger partial charge is 0.319 e. The Balaban J connectivity index is 1.58. The molecule has 0 aliphatic heterocycles. The molecule has 3 rings (SSSR count). The van der Waals surface area contributed by atoms with Gasteiger partial charge in [-0.1, -0.05) is 12.1 Å². The van der Waals surface area contributed by atoms with Gasteiger partial charge in [0.05, 0.1) is 12.0 Å². The molecule has 0 aliphatic carbocycles. The van der Waals surface area contributed by atoms with Gasteiger partial charge in [-0.05, 0) is 42.0 Å². The Morgan fingerprint density at radius 3 is 2.50 bits per heavy atom. The topological polar surface area (TPSA) is 83.4 Å². The van der Waals surface area contributed by atoms with E-state index in [9.17, 15) is 22.8 Å². The number of halogens is 3. The number of carbonyl (C=O) groups excluding carboxylic acids is 2. The highest BCUT2D eigenvalue weighted by atomic mass is 19.2. The first-order valence-corrected chi connectivity index (χ1v) is 8.06. The minimum atomic E-state index is -1.67. The van der Waals surface area contributed by atoms with Gasteiger partial charge in [-0.15, -0.1) is 0 Å². The molecule has 0 bridgehead atoms. The highest BCUT2D eigenvalue weighted by Gasteiger charge is 2.15. The SMILES string of the molecule is O=C(NCc1cccc(NC(=O)c2ccco2)c1)Nc1ccc(F)c(F)c1F. The van der Waals surface area contributed by atoms with Gasteiger partial charge in [-0.3, -0.25) is 4.79 Å². The highest BCUT2D eigenvalue weighted by Crippen LogP contribution is 2.19. The van der Waals surface area contributed by atoms with E-state index in [1.165, 1.54) is 12.3 Å². The second-order valence-electron chi connectivity index (χ2n) is 5.66. The summed E-state index contributed by atoms with van der Waals surface area (Å²) in [6.45, 7) is 0.0432. The maximum atomic E-state index is 13.6. The summed E-state index contributed by atoms with van der Waals surface area (Å²) in [6.07, 6.45) is 1.38. The Hall–Kier alpha value is -3.75. The second-order valence-corrected chi connectivity index (χ2v) is 5.66. The van der Waals surface area contributed by atoms with Crippen molar-refractivity contribution in [3.8, 4) is 0 Å². The molecule has 0 aliphatic rings. The first-order chi connectivity index (χ1) is 13.4. The predicted octanol–water partition coefficient (Wildman–Crippen LogP) is 4.27. The first-order valence-electron chi connectivity index (χ1n) is 8.06. The van der Waals surface area contributed by atoms with Crippen LogP contribution in [0.2, 0.25) is 0 Å². The molecule has 9 heteroatoms. The lowest BCUT2D eigenvalue weighted by molar-refractivity contribution is 0.0996. The summed E-state index contributed by atoms with van der Waals surface area (Å²) in [4.78, 5) is 23.8. The van der Waals surface area contributed by atoms with Gasteiger partial charge >= 0.3 is 6.03 Å². The molecule has 0 spiro atoms. The summed E-state index contributed by atoms with van der Waals surface area (Å²) < 4.78 is 44.7. The Bertz CT molecular complexity index is 1010. The Kier molecular flexibility index (Phi) is 5.64. The third-order valence-electron chi connectivity index (χ3n) is 3.67. The van der Waals surface area contributed by atoms with Crippen LogP contribution in [0.4, 0.5) is 29.3 Å². The fourth-order valence-corrected chi connectivity index (χ4v) is 2.33. The molecule has 1 heterocycles. The standard InChI is InChI=1S/C19H14F3N3O3/c20-13-6-7-14(17(22)16(13)21)25-19(27)23-10-11-3-1-4-12(9-11)24-18(26)15-5-2-8-28-15/h1-9H,10H2,(H,24,26)(H2,23,25,27). The van der Waals surface area contributed by atoms with E-state index in [0.29, 0.717) is 17.3 Å². The number of furan rings is 1. The van der Waals surface area contributed by atoms with Crippen molar-refractivity contribution >= 4 is 23.3 Å². The maximum Gasteiger partial charge on any atom is 0.319 e. The van der Waals surface area contributed by atoms with E-state index >= 15 is 0 Å². The summed E-state index contributed by atoms with van der Waals surface area (Å²) in [5.41, 5.74) is 0.627. The molecule has 0 saturated heterocycles. The van der Waals surface area contributed by atoms with Gasteiger partial charge in [0.25, 0.3) is 5.91 Å². The van der Waals surface area contributed by atoms with Crippen LogP contribution >= 0.6 is 0 Å². The molecule has 6 nitrogen and oxygen atoms in total. The molecule has 3 amide bonds. The monoisotopic (exact) mass is 389 g/mol. The van der Waals surface area contributed by atoms with Crippen LogP contribution in [0.25, 0.3) is 0 Å². The van der Waals surface area contributed by atoms with Crippen molar-refractivity contribution in [3.63, 3.8) is 0 Å². The van der Waals surface area contributed by atoms with Crippen molar-refractivity contribution in [3.05, 3.63) is 83.6 Å². The zero-order valence-corrected chi connectivity index (χ0v) is 14.3. The van der Waals surface area contributed by atoms with E-state index in [2.05, 4.69) is 16.0 Å². The number of rotatable bonds is 5. The zero-order chi connectivity index (χ0) is 20.1. The summed E-state index contributed by atoms with van der Waals surface area (Å²) in [5.74, 6) is -4.79. The lowest BCUT2D eigenvalue weighted by Crippen LogP contribution is -2.28. The van der Waals surface area contributed by atoms with Gasteiger partial charge in [0, 0.05) is 12.2 Å². The third-order valence-corrected chi connectivity index (χ3v) is 3.67. The molecular formula is C19H14F3N3O3. The summed E-state index contributed by atoms with van der Waals surface area (Å²) in [5, 5.41) is 7.20. The Labute approximate surface area is 157 Å². The highest BCUT2D eigenvalue weighted by molar-refractivity contribution is 6.02. The number of anilines is 2. The van der Waals surface area contributed by atoms with E-state index in [1.54, 1.807) is 30.3 Å². The molecule has 0 radical (unpaired) electrons. The predicted molar refractivity (Wildman–Crippen MR) is 95.3 cm³/mol. The number of amides is 3. The molecule has 0 unspecified atom stereocenters. The van der Waals surface area contributed by atoms with Crippen LogP contribution in [0.15, 0.2) is 59.2 Å². The molecule has 2 aromatic carbocycles. The van der Waals surface area contributed by atoms with Crippen molar-refractivity contribution in [1.29, 1.82) is 0 Å². The van der Waals surface area contributed by atoms with Gasteiger partial charge in [-0.25, -0.2) is 18.0 Å². The van der Waals surface area contributed by atoms with Crippen molar-refractivity contribution in [2.45, 2.75) is 6.54 Å². The lowest BCUT2D eigenvalue weighted by atomic mass is 10.2. The van der Waals surface area contributed by atoms with Crippen molar-refractivity contribution < 1.29 is 27.2 Å². The Morgan fingerprint density at radius 1 is 0.929 bits per heavy atom. The largest absolute Gasteiger partial charge is 0.459 e. The van der Waals surface area contributed by atoms with Crippen LogP contribution in [0.1, 0.15) is 16.1 Å². The van der Waals surface area contributed by atoms with E-state index in [4.69, 9.17) is 4.42 Å². The lowest BCUT2D eigenvalue weighted by Gasteiger charge is -2.10. The number of nitrogens with one attached hydrogen (secondary N) is 3. The maximum absolute atomic E-state index is 13.6. The summed E-state index contributed by atoms with van der Waals surface area (Å²) in [6, 6.07) is 10.6. The van der Waals surface area contributed by atoms with Crippen molar-refractivity contribution in [2.24, 2.45) is 0 Å². The van der Waals surface area contributed by atoms with Crippen LogP contribution in [-0.4, -0.2) is 11.9 Å². The quantitative estimate of drug-likeness (QED) is 0.570. The zero-order valence-electron chi connectivity index (χ0n) is 14.3. The average molecular weight is 389 g/mol. The van der Waals surface area contributed by atoms with Crippen LogP contribution < -0.4 is 16.0 Å². The fourth-order valence-electron chi connectivity index (χ4n) is 2.33. The van der Waals surface area contributed by atoms with Crippen molar-refractivity contribution in [1.82, 2.24) is 5.32 Å². The molecule has 28 heavy (non-hydrogen) atoms. The van der Waals surface area contributed by atoms with E-state index in [0.717, 1.165) is 6.07 Å². The summed E-state index contributed by atoms with van der Waals surface area (Å²) in [7, 11) is 0. The van der Waals surface area contributed by atoms with Gasteiger partial charge in [0.15, 0.2) is 23.2 Å². The number of hydrogen-bond acceptors (Lipinski definition) is 3. The van der Waals surface area contributed by atoms with E-state index in [1.807, 2.05) is 0 Å². The molecular weight excluding hydrogens is 375 g/mol. The van der Waals surface area contributed by atoms with Gasteiger partial charge in [-0.2, -0.15) is 0 Å². The number of benzene rings is 2. The molecule has 3 N–H and O–H groups in total. The van der Waals surface area contributed by atoms with Gasteiger partial charge in [0.2, 0.25) is 0 Å². The van der Waals surface area contributed by atoms with Crippen LogP contribution in [0.3, 0.4) is 0 Å². The fraction of sp³-hybridized carbons (Fsp3) is 0.0526. The first kappa shape index (κ1) is 19.0. The number of hydrogen-bond donors (Lipinski definition) is 3. The average Bonchev–Trinajstić information content (AvgIpc) is 3.22. The summed E-state index contributed by atoms with van der Waals surface area (Å²) >= 11 is 0. The Morgan fingerprint density at radius 2 is 1.75 bits per heavy atom. The van der Waals surface area contributed by atoms with Crippen LogP contribution in [0, 0.1) is 17.5 Å². The van der Waals surface area contributed by atoms with Gasteiger partial charge < -0.3 is 20.4 Å². The van der Waals surface area contributed by atoms with E-state index < -0.39 is 35.1 Å². The van der Waals surface area contributed by atoms with Crippen LogP contribution in [-0.2, 0) is 6.54 Å². The minimum Gasteiger partial charge on any atom is -0.459 e.